The Balaban J connectivity index is 2.15. The molecule has 0 atom stereocenters. The summed E-state index contributed by atoms with van der Waals surface area (Å²) in [6, 6.07) is 8.11. The fourth-order valence-corrected chi connectivity index (χ4v) is 2.01. The van der Waals surface area contributed by atoms with Gasteiger partial charge in [0.05, 0.1) is 6.26 Å². The van der Waals surface area contributed by atoms with Crippen molar-refractivity contribution in [3.05, 3.63) is 53.0 Å². The summed E-state index contributed by atoms with van der Waals surface area (Å²) in [5.41, 5.74) is 0.112. The molecular formula is C13H8BrF2N3O. The summed E-state index contributed by atoms with van der Waals surface area (Å²) >= 11 is 3.27. The second-order valence-electron chi connectivity index (χ2n) is 3.98. The number of alkyl halides is 2. The van der Waals surface area contributed by atoms with Crippen molar-refractivity contribution in [2.45, 2.75) is 6.43 Å². The second kappa shape index (κ2) is 5.16. The Hall–Kier alpha value is -2.02. The first-order chi connectivity index (χ1) is 9.65. The summed E-state index contributed by atoms with van der Waals surface area (Å²) in [6.07, 6.45) is 0.398. The molecule has 102 valence electrons. The number of nitrogens with zero attached hydrogens (tertiary/aromatic N) is 3. The number of halogens is 3. The van der Waals surface area contributed by atoms with Crippen molar-refractivity contribution in [2.75, 3.05) is 0 Å². The van der Waals surface area contributed by atoms with E-state index in [0.29, 0.717) is 17.3 Å². The van der Waals surface area contributed by atoms with Crippen molar-refractivity contribution in [3.8, 4) is 17.3 Å². The van der Waals surface area contributed by atoms with Gasteiger partial charge in [0.1, 0.15) is 11.4 Å². The quantitative estimate of drug-likeness (QED) is 0.717. The zero-order valence-corrected chi connectivity index (χ0v) is 11.6. The summed E-state index contributed by atoms with van der Waals surface area (Å²) in [5.74, 6) is 0.889. The van der Waals surface area contributed by atoms with Crippen LogP contribution < -0.4 is 0 Å². The molecule has 3 aromatic rings. The van der Waals surface area contributed by atoms with Gasteiger partial charge in [-0.05, 0) is 46.3 Å². The van der Waals surface area contributed by atoms with Gasteiger partial charge in [0.25, 0.3) is 6.43 Å². The van der Waals surface area contributed by atoms with Crippen molar-refractivity contribution in [1.29, 1.82) is 0 Å². The molecule has 4 nitrogen and oxygen atoms in total. The first-order valence-corrected chi connectivity index (χ1v) is 6.48. The molecule has 3 rings (SSSR count). The summed E-state index contributed by atoms with van der Waals surface area (Å²) < 4.78 is 33.1. The molecule has 20 heavy (non-hydrogen) atoms. The molecule has 0 aliphatic rings. The monoisotopic (exact) mass is 339 g/mol. The molecule has 0 fully saturated rings. The van der Waals surface area contributed by atoms with Crippen molar-refractivity contribution in [3.63, 3.8) is 0 Å². The van der Waals surface area contributed by atoms with Gasteiger partial charge in [-0.1, -0.05) is 0 Å². The van der Waals surface area contributed by atoms with Crippen molar-refractivity contribution < 1.29 is 13.2 Å². The highest BCUT2D eigenvalue weighted by Gasteiger charge is 2.19. The lowest BCUT2D eigenvalue weighted by molar-refractivity contribution is 0.145. The van der Waals surface area contributed by atoms with E-state index in [9.17, 15) is 8.78 Å². The number of aromatic nitrogens is 3. The molecule has 3 heterocycles. The van der Waals surface area contributed by atoms with Gasteiger partial charge in [0, 0.05) is 10.7 Å². The molecule has 0 radical (unpaired) electrons. The van der Waals surface area contributed by atoms with Crippen LogP contribution in [0.4, 0.5) is 8.78 Å². The Morgan fingerprint density at radius 2 is 2.10 bits per heavy atom. The van der Waals surface area contributed by atoms with E-state index in [1.807, 2.05) is 0 Å². The first kappa shape index (κ1) is 13.0. The average Bonchev–Trinajstić information content (AvgIpc) is 3.08. The zero-order chi connectivity index (χ0) is 14.1. The highest BCUT2D eigenvalue weighted by atomic mass is 79.9. The highest BCUT2D eigenvalue weighted by Crippen LogP contribution is 2.28. The number of pyridine rings is 1. The SMILES string of the molecule is FC(F)c1cc(-c2ccco2)n(-c2ccc(Br)cn2)n1. The van der Waals surface area contributed by atoms with E-state index in [2.05, 4.69) is 26.0 Å². The maximum atomic E-state index is 12.8. The largest absolute Gasteiger partial charge is 0.463 e. The van der Waals surface area contributed by atoms with E-state index in [1.54, 1.807) is 30.5 Å². The van der Waals surface area contributed by atoms with E-state index in [0.717, 1.165) is 4.47 Å². The molecular weight excluding hydrogens is 332 g/mol. The molecule has 0 aromatic carbocycles. The minimum absolute atomic E-state index is 0.318. The molecule has 0 aliphatic carbocycles. The molecule has 0 bridgehead atoms. The third kappa shape index (κ3) is 2.36. The lowest BCUT2D eigenvalue weighted by Gasteiger charge is -2.04. The molecule has 0 spiro atoms. The fraction of sp³-hybridized carbons (Fsp3) is 0.0769. The van der Waals surface area contributed by atoms with Crippen LogP contribution in [-0.4, -0.2) is 14.8 Å². The Kier molecular flexibility index (Phi) is 3.35. The van der Waals surface area contributed by atoms with Crippen LogP contribution in [0.1, 0.15) is 12.1 Å². The minimum Gasteiger partial charge on any atom is -0.463 e. The molecule has 0 N–H and O–H groups in total. The van der Waals surface area contributed by atoms with E-state index >= 15 is 0 Å². The molecule has 0 saturated heterocycles. The van der Waals surface area contributed by atoms with E-state index in [-0.39, 0.29) is 5.69 Å². The predicted octanol–water partition coefficient (Wildman–Crippen LogP) is 4.23. The van der Waals surface area contributed by atoms with Gasteiger partial charge in [-0.2, -0.15) is 5.10 Å². The van der Waals surface area contributed by atoms with Crippen LogP contribution in [0.25, 0.3) is 17.3 Å². The summed E-state index contributed by atoms with van der Waals surface area (Å²) in [4.78, 5) is 4.16. The number of hydrogen-bond donors (Lipinski definition) is 0. The fourth-order valence-electron chi connectivity index (χ4n) is 1.77. The van der Waals surface area contributed by atoms with Crippen molar-refractivity contribution in [1.82, 2.24) is 14.8 Å². The van der Waals surface area contributed by atoms with E-state index < -0.39 is 6.43 Å². The van der Waals surface area contributed by atoms with Crippen LogP contribution in [0.15, 0.2) is 51.7 Å². The summed E-state index contributed by atoms with van der Waals surface area (Å²) in [7, 11) is 0. The average molecular weight is 340 g/mol. The van der Waals surface area contributed by atoms with E-state index in [4.69, 9.17) is 4.42 Å². The molecule has 3 aromatic heterocycles. The van der Waals surface area contributed by atoms with Crippen LogP contribution in [-0.2, 0) is 0 Å². The zero-order valence-electron chi connectivity index (χ0n) is 10.0. The first-order valence-electron chi connectivity index (χ1n) is 5.69. The third-order valence-electron chi connectivity index (χ3n) is 2.65. The number of rotatable bonds is 3. The summed E-state index contributed by atoms with van der Waals surface area (Å²) in [5, 5.41) is 3.89. The second-order valence-corrected chi connectivity index (χ2v) is 4.89. The van der Waals surface area contributed by atoms with Gasteiger partial charge in [-0.25, -0.2) is 18.4 Å². The maximum Gasteiger partial charge on any atom is 0.282 e. The molecule has 0 unspecified atom stereocenters. The van der Waals surface area contributed by atoms with E-state index in [1.165, 1.54) is 17.0 Å². The number of hydrogen-bond acceptors (Lipinski definition) is 3. The molecule has 0 saturated carbocycles. The molecule has 7 heteroatoms. The third-order valence-corrected chi connectivity index (χ3v) is 3.12. The minimum atomic E-state index is -2.65. The Labute approximate surface area is 121 Å². The highest BCUT2D eigenvalue weighted by molar-refractivity contribution is 9.10. The standard InChI is InChI=1S/C13H8BrF2N3O/c14-8-3-4-12(17-7-8)19-10(11-2-1-5-20-11)6-9(18-19)13(15)16/h1-7,13H. The predicted molar refractivity (Wildman–Crippen MR) is 71.7 cm³/mol. The lowest BCUT2D eigenvalue weighted by atomic mass is 10.3. The van der Waals surface area contributed by atoms with Gasteiger partial charge in [0.15, 0.2) is 11.6 Å². The van der Waals surface area contributed by atoms with Gasteiger partial charge in [-0.3, -0.25) is 0 Å². The normalized spacial score (nSPS) is 11.2. The summed E-state index contributed by atoms with van der Waals surface area (Å²) in [6.45, 7) is 0. The van der Waals surface area contributed by atoms with Crippen LogP contribution >= 0.6 is 15.9 Å². The Bertz CT molecular complexity index is 708. The van der Waals surface area contributed by atoms with Gasteiger partial charge >= 0.3 is 0 Å². The van der Waals surface area contributed by atoms with Crippen LogP contribution in [0.2, 0.25) is 0 Å². The van der Waals surface area contributed by atoms with Crippen LogP contribution in [0.5, 0.6) is 0 Å². The van der Waals surface area contributed by atoms with Crippen LogP contribution in [0.3, 0.4) is 0 Å². The van der Waals surface area contributed by atoms with Gasteiger partial charge in [0.2, 0.25) is 0 Å². The molecule has 0 aliphatic heterocycles. The Morgan fingerprint density at radius 1 is 1.25 bits per heavy atom. The lowest BCUT2D eigenvalue weighted by Crippen LogP contribution is -2.01. The van der Waals surface area contributed by atoms with Crippen molar-refractivity contribution >= 4 is 15.9 Å². The van der Waals surface area contributed by atoms with Crippen molar-refractivity contribution in [2.24, 2.45) is 0 Å². The number of furan rings is 1. The molecule has 0 amide bonds. The topological polar surface area (TPSA) is 43.9 Å². The Morgan fingerprint density at radius 3 is 2.70 bits per heavy atom. The van der Waals surface area contributed by atoms with Crippen LogP contribution in [0, 0.1) is 0 Å². The van der Waals surface area contributed by atoms with Gasteiger partial charge < -0.3 is 4.42 Å². The van der Waals surface area contributed by atoms with Gasteiger partial charge in [-0.15, -0.1) is 0 Å². The smallest absolute Gasteiger partial charge is 0.282 e. The maximum absolute atomic E-state index is 12.8.